The van der Waals surface area contributed by atoms with Crippen LogP contribution < -0.4 is 14.8 Å². The smallest absolute Gasteiger partial charge is 0.312 e. The van der Waals surface area contributed by atoms with E-state index in [1.165, 1.54) is 24.7 Å². The van der Waals surface area contributed by atoms with Crippen LogP contribution in [0.4, 0.5) is 6.01 Å². The summed E-state index contributed by atoms with van der Waals surface area (Å²) in [7, 11) is 2.88. The van der Waals surface area contributed by atoms with Crippen LogP contribution in [0.3, 0.4) is 0 Å². The molecule has 8 atom stereocenters. The third kappa shape index (κ3) is 9.14. The Morgan fingerprint density at radius 1 is 1.03 bits per heavy atom. The minimum Gasteiger partial charge on any atom is -0.490 e. The highest BCUT2D eigenvalue weighted by Gasteiger charge is 2.61. The molecule has 0 spiro atoms. The van der Waals surface area contributed by atoms with Crippen LogP contribution in [-0.2, 0) is 33.4 Å². The second-order valence-corrected chi connectivity index (χ2v) is 18.6. The molecular weight excluding hydrogens is 792 g/mol. The molecule has 60 heavy (non-hydrogen) atoms. The standard InChI is InChI=1S/C45H57ClN4O10/c1-9-27-20-45(27,42(54)56-8)21-35(51)34-17-29(22-50(34)41(53)31(44(4,5)6)18-38(52)60-28-15-25-14-26(25)16-28)59-37-19-32(33-23-58-43(49-33)47-24(2)3)48-40-30(37)10-11-36(39(40)46)57-13-12-55-7/h9-11,19,23-29,31,34H,1,12-18,20-22H2,2-8H3,(H,47,49)/t25-,26+,27-,28?,29-,31-,34+,45-/m1/s1. The van der Waals surface area contributed by atoms with Crippen molar-refractivity contribution in [1.29, 1.82) is 0 Å². The lowest BCUT2D eigenvalue weighted by Gasteiger charge is -2.35. The van der Waals surface area contributed by atoms with Crippen molar-refractivity contribution < 1.29 is 47.3 Å². The third-order valence-electron chi connectivity index (χ3n) is 12.5. The van der Waals surface area contributed by atoms with E-state index in [1.54, 1.807) is 31.4 Å². The molecule has 1 unspecified atom stereocenters. The number of fused-ring (bicyclic) bond motifs is 2. The molecule has 1 aliphatic heterocycles. The number of carbonyl (C=O) groups excluding carboxylic acids is 4. The number of nitrogens with one attached hydrogen (secondary N) is 1. The Hall–Kier alpha value is -4.69. The number of methoxy groups -OCH3 is 2. The zero-order chi connectivity index (χ0) is 43.1. The third-order valence-corrected chi connectivity index (χ3v) is 12.9. The summed E-state index contributed by atoms with van der Waals surface area (Å²) >= 11 is 6.96. The molecule has 1 amide bonds. The maximum absolute atomic E-state index is 14.9. The van der Waals surface area contributed by atoms with Crippen LogP contribution in [-0.4, -0.2) is 96.8 Å². The van der Waals surface area contributed by atoms with E-state index < -0.39 is 40.8 Å². The summed E-state index contributed by atoms with van der Waals surface area (Å²) in [6, 6.07) is 4.68. The van der Waals surface area contributed by atoms with Crippen molar-refractivity contribution in [3.63, 3.8) is 0 Å². The molecule has 2 aromatic heterocycles. The molecule has 4 aliphatic rings. The van der Waals surface area contributed by atoms with Gasteiger partial charge in [0.25, 0.3) is 6.01 Å². The van der Waals surface area contributed by atoms with Crippen LogP contribution in [0, 0.1) is 34.5 Å². The maximum Gasteiger partial charge on any atom is 0.312 e. The quantitative estimate of drug-likeness (QED) is 0.0762. The maximum atomic E-state index is 14.9. The number of ketones is 1. The molecule has 3 aromatic rings. The van der Waals surface area contributed by atoms with Gasteiger partial charge in [0.05, 0.1) is 55.3 Å². The number of oxazole rings is 1. The molecular formula is C45H57ClN4O10. The SMILES string of the molecule is C=C[C@@H]1C[C@]1(CC(=O)[C@@H]1C[C@@H](Oc2cc(-c3coc(NC(C)C)n3)nc3c(Cl)c(OCCOC)ccc23)CN1C(=O)[C@@H](CC(=O)OC1C[C@@H]2C[C@@H]2C1)C(C)(C)C)C(=O)OC. The second-order valence-electron chi connectivity index (χ2n) is 18.2. The molecule has 1 aromatic carbocycles. The Labute approximate surface area is 356 Å². The number of halogens is 1. The van der Waals surface area contributed by atoms with Crippen LogP contribution in [0.5, 0.6) is 11.5 Å². The number of benzene rings is 1. The van der Waals surface area contributed by atoms with Gasteiger partial charge in [-0.25, -0.2) is 4.98 Å². The summed E-state index contributed by atoms with van der Waals surface area (Å²) < 4.78 is 34.6. The number of ether oxygens (including phenoxy) is 5. The lowest BCUT2D eigenvalue weighted by molar-refractivity contribution is -0.157. The molecule has 3 saturated carbocycles. The predicted molar refractivity (Wildman–Crippen MR) is 224 cm³/mol. The number of hydrogen-bond donors (Lipinski definition) is 1. The minimum atomic E-state index is -1.05. The van der Waals surface area contributed by atoms with E-state index in [1.807, 2.05) is 34.6 Å². The Balaban J connectivity index is 1.21. The van der Waals surface area contributed by atoms with Crippen molar-refractivity contribution in [3.05, 3.63) is 42.1 Å². The number of hydrogen-bond acceptors (Lipinski definition) is 13. The molecule has 324 valence electrons. The number of rotatable bonds is 18. The highest BCUT2D eigenvalue weighted by molar-refractivity contribution is 6.36. The summed E-state index contributed by atoms with van der Waals surface area (Å²) in [5.74, 6) is -0.520. The first-order valence-electron chi connectivity index (χ1n) is 20.9. The van der Waals surface area contributed by atoms with E-state index >= 15 is 0 Å². The van der Waals surface area contributed by atoms with Gasteiger partial charge in [0, 0.05) is 37.4 Å². The van der Waals surface area contributed by atoms with Gasteiger partial charge < -0.3 is 38.3 Å². The van der Waals surface area contributed by atoms with E-state index in [0.29, 0.717) is 64.7 Å². The molecule has 3 heterocycles. The van der Waals surface area contributed by atoms with Crippen LogP contribution >= 0.6 is 11.6 Å². The number of esters is 2. The van der Waals surface area contributed by atoms with E-state index in [0.717, 1.165) is 12.8 Å². The van der Waals surface area contributed by atoms with Gasteiger partial charge in [-0.2, -0.15) is 4.98 Å². The molecule has 0 bridgehead atoms. The van der Waals surface area contributed by atoms with Crippen LogP contribution in [0.15, 0.2) is 41.5 Å². The fraction of sp³-hybridized carbons (Fsp3) is 0.600. The number of nitrogens with zero attached hydrogens (tertiary/aromatic N) is 3. The molecule has 1 N–H and O–H groups in total. The summed E-state index contributed by atoms with van der Waals surface area (Å²) in [5, 5.41) is 3.96. The first-order chi connectivity index (χ1) is 28.5. The Morgan fingerprint density at radius 2 is 1.78 bits per heavy atom. The number of aromatic nitrogens is 2. The lowest BCUT2D eigenvalue weighted by atomic mass is 9.77. The number of likely N-dealkylation sites (tertiary alicyclic amines) is 1. The first-order valence-corrected chi connectivity index (χ1v) is 21.3. The van der Waals surface area contributed by atoms with E-state index in [4.69, 9.17) is 44.7 Å². The molecule has 4 fully saturated rings. The average molecular weight is 849 g/mol. The zero-order valence-electron chi connectivity index (χ0n) is 35.6. The van der Waals surface area contributed by atoms with Crippen molar-refractivity contribution in [2.45, 2.75) is 104 Å². The predicted octanol–water partition coefficient (Wildman–Crippen LogP) is 7.46. The number of Topliss-reactive ketones (excluding diaryl/α,β-unsaturated/α-hetero) is 1. The van der Waals surface area contributed by atoms with Crippen LogP contribution in [0.1, 0.15) is 79.6 Å². The number of anilines is 1. The fourth-order valence-electron chi connectivity index (χ4n) is 9.00. The second kappa shape index (κ2) is 17.4. The first kappa shape index (κ1) is 43.4. The highest BCUT2D eigenvalue weighted by Crippen LogP contribution is 2.57. The number of allylic oxidation sites excluding steroid dienone is 1. The van der Waals surface area contributed by atoms with Gasteiger partial charge >= 0.3 is 11.9 Å². The van der Waals surface area contributed by atoms with Crippen LogP contribution in [0.2, 0.25) is 5.02 Å². The topological polar surface area (TPSA) is 169 Å². The summed E-state index contributed by atoms with van der Waals surface area (Å²) in [5.41, 5.74) is -0.494. The van der Waals surface area contributed by atoms with E-state index in [9.17, 15) is 19.2 Å². The van der Waals surface area contributed by atoms with Crippen LogP contribution in [0.25, 0.3) is 22.3 Å². The largest absolute Gasteiger partial charge is 0.490 e. The zero-order valence-corrected chi connectivity index (χ0v) is 36.3. The summed E-state index contributed by atoms with van der Waals surface area (Å²) in [6.07, 6.45) is 5.57. The Bertz CT molecular complexity index is 2120. The van der Waals surface area contributed by atoms with E-state index in [2.05, 4.69) is 16.9 Å². The molecule has 7 rings (SSSR count). The minimum absolute atomic E-state index is 0.0382. The Kier molecular flexibility index (Phi) is 12.6. The summed E-state index contributed by atoms with van der Waals surface area (Å²) in [6.45, 7) is 14.2. The van der Waals surface area contributed by atoms with Gasteiger partial charge in [0.2, 0.25) is 5.91 Å². The van der Waals surface area contributed by atoms with Gasteiger partial charge in [-0.05, 0) is 74.8 Å². The number of amides is 1. The van der Waals surface area contributed by atoms with Crippen molar-refractivity contribution in [1.82, 2.24) is 14.9 Å². The Morgan fingerprint density at radius 3 is 2.43 bits per heavy atom. The van der Waals surface area contributed by atoms with Crippen molar-refractivity contribution in [2.75, 3.05) is 39.3 Å². The average Bonchev–Trinajstić information content (AvgIpc) is 3.86. The highest BCUT2D eigenvalue weighted by atomic mass is 35.5. The fourth-order valence-corrected chi connectivity index (χ4v) is 9.27. The van der Waals surface area contributed by atoms with Gasteiger partial charge in [0.1, 0.15) is 47.3 Å². The van der Waals surface area contributed by atoms with Crippen molar-refractivity contribution >= 4 is 52.1 Å². The van der Waals surface area contributed by atoms with Gasteiger partial charge in [-0.3, -0.25) is 19.2 Å². The molecule has 0 radical (unpaired) electrons. The van der Waals surface area contributed by atoms with Crippen molar-refractivity contribution in [3.8, 4) is 22.9 Å². The van der Waals surface area contributed by atoms with Gasteiger partial charge in [-0.1, -0.05) is 38.4 Å². The van der Waals surface area contributed by atoms with Gasteiger partial charge in [-0.15, -0.1) is 6.58 Å². The molecule has 15 heteroatoms. The number of carbonyl (C=O) groups is 4. The molecule has 14 nitrogen and oxygen atoms in total. The normalized spacial score (nSPS) is 26.1. The lowest BCUT2D eigenvalue weighted by Crippen LogP contribution is -2.48. The number of pyridine rings is 1. The van der Waals surface area contributed by atoms with Gasteiger partial charge in [0.15, 0.2) is 5.78 Å². The van der Waals surface area contributed by atoms with Crippen molar-refractivity contribution in [2.24, 2.45) is 34.5 Å². The molecule has 1 saturated heterocycles. The van der Waals surface area contributed by atoms with E-state index in [-0.39, 0.29) is 67.2 Å². The molecule has 3 aliphatic carbocycles. The monoisotopic (exact) mass is 848 g/mol. The summed E-state index contributed by atoms with van der Waals surface area (Å²) in [4.78, 5) is 66.9.